The van der Waals surface area contributed by atoms with Gasteiger partial charge in [0.1, 0.15) is 0 Å². The molecule has 7 nitrogen and oxygen atoms in total. The van der Waals surface area contributed by atoms with Gasteiger partial charge >= 0.3 is 0 Å². The van der Waals surface area contributed by atoms with E-state index in [-0.39, 0.29) is 17.3 Å². The maximum Gasteiger partial charge on any atom is 0.261 e. The second kappa shape index (κ2) is 7.89. The predicted molar refractivity (Wildman–Crippen MR) is 114 cm³/mol. The van der Waals surface area contributed by atoms with E-state index in [4.69, 9.17) is 21.1 Å². The molecule has 154 valence electrons. The van der Waals surface area contributed by atoms with E-state index in [1.807, 2.05) is 13.0 Å². The number of halogens is 1. The summed E-state index contributed by atoms with van der Waals surface area (Å²) in [5, 5.41) is 3.09. The minimum atomic E-state index is -3.93. The molecule has 0 atom stereocenters. The Labute approximate surface area is 178 Å². The highest BCUT2D eigenvalue weighted by molar-refractivity contribution is 7.92. The summed E-state index contributed by atoms with van der Waals surface area (Å²) < 4.78 is 38.5. The van der Waals surface area contributed by atoms with Crippen LogP contribution in [0.2, 0.25) is 5.02 Å². The highest BCUT2D eigenvalue weighted by atomic mass is 35.5. The third-order valence-electron chi connectivity index (χ3n) is 4.40. The monoisotopic (exact) mass is 444 g/mol. The zero-order valence-electron chi connectivity index (χ0n) is 15.8. The highest BCUT2D eigenvalue weighted by Crippen LogP contribution is 2.35. The maximum atomic E-state index is 12.8. The molecule has 4 rings (SSSR count). The molecule has 3 aromatic carbocycles. The van der Waals surface area contributed by atoms with E-state index in [2.05, 4.69) is 10.0 Å². The number of ether oxygens (including phenoxy) is 2. The SMILES string of the molecule is Cc1ccc(NC(=O)c2cccc(S(=O)(=O)Nc3ccc4c(c3)OCO4)c2)c(Cl)c1. The number of carbonyl (C=O) groups is 1. The number of anilines is 2. The summed E-state index contributed by atoms with van der Waals surface area (Å²) in [4.78, 5) is 12.5. The van der Waals surface area contributed by atoms with Gasteiger partial charge in [-0.05, 0) is 55.0 Å². The molecule has 0 aromatic heterocycles. The summed E-state index contributed by atoms with van der Waals surface area (Å²) in [6, 6.07) is 15.7. The van der Waals surface area contributed by atoms with Crippen molar-refractivity contribution in [2.45, 2.75) is 11.8 Å². The Bertz CT molecular complexity index is 1240. The molecular weight excluding hydrogens is 428 g/mol. The van der Waals surface area contributed by atoms with Gasteiger partial charge in [-0.3, -0.25) is 9.52 Å². The van der Waals surface area contributed by atoms with Crippen LogP contribution in [-0.4, -0.2) is 21.1 Å². The Morgan fingerprint density at radius 1 is 1.00 bits per heavy atom. The molecule has 1 aliphatic heterocycles. The van der Waals surface area contributed by atoms with Gasteiger partial charge in [-0.15, -0.1) is 0 Å². The lowest BCUT2D eigenvalue weighted by molar-refractivity contribution is 0.102. The number of hydrogen-bond donors (Lipinski definition) is 2. The first kappa shape index (κ1) is 20.1. The molecule has 0 aliphatic carbocycles. The molecule has 30 heavy (non-hydrogen) atoms. The summed E-state index contributed by atoms with van der Waals surface area (Å²) in [6.07, 6.45) is 0. The Morgan fingerprint density at radius 3 is 2.60 bits per heavy atom. The van der Waals surface area contributed by atoms with Crippen LogP contribution in [0.15, 0.2) is 65.6 Å². The van der Waals surface area contributed by atoms with E-state index in [1.165, 1.54) is 30.3 Å². The second-order valence-corrected chi connectivity index (χ2v) is 8.73. The molecule has 3 aromatic rings. The van der Waals surface area contributed by atoms with Crippen molar-refractivity contribution in [1.82, 2.24) is 0 Å². The van der Waals surface area contributed by atoms with Gasteiger partial charge in [-0.1, -0.05) is 23.7 Å². The van der Waals surface area contributed by atoms with Crippen molar-refractivity contribution in [2.75, 3.05) is 16.8 Å². The molecule has 0 bridgehead atoms. The summed E-state index contributed by atoms with van der Waals surface area (Å²) in [5.41, 5.74) is 1.90. The lowest BCUT2D eigenvalue weighted by atomic mass is 10.2. The first-order valence-electron chi connectivity index (χ1n) is 8.92. The largest absolute Gasteiger partial charge is 0.454 e. The minimum Gasteiger partial charge on any atom is -0.454 e. The Kier molecular flexibility index (Phi) is 5.27. The number of benzene rings is 3. The molecule has 0 radical (unpaired) electrons. The zero-order valence-corrected chi connectivity index (χ0v) is 17.4. The number of amides is 1. The molecule has 1 heterocycles. The lowest BCUT2D eigenvalue weighted by Crippen LogP contribution is -2.16. The van der Waals surface area contributed by atoms with Gasteiger partial charge in [0, 0.05) is 11.6 Å². The van der Waals surface area contributed by atoms with Crippen molar-refractivity contribution in [2.24, 2.45) is 0 Å². The fourth-order valence-corrected chi connectivity index (χ4v) is 4.27. The number of nitrogens with one attached hydrogen (secondary N) is 2. The molecule has 0 fully saturated rings. The standard InChI is InChI=1S/C21H17ClN2O5S/c1-13-5-7-18(17(22)9-13)23-21(25)14-3-2-4-16(10-14)30(26,27)24-15-6-8-19-20(11-15)29-12-28-19/h2-11,24H,12H2,1H3,(H,23,25). The lowest BCUT2D eigenvalue weighted by Gasteiger charge is -2.11. The maximum absolute atomic E-state index is 12.8. The number of aryl methyl sites for hydroxylation is 1. The fourth-order valence-electron chi connectivity index (χ4n) is 2.89. The summed E-state index contributed by atoms with van der Waals surface area (Å²) in [7, 11) is -3.93. The van der Waals surface area contributed by atoms with Crippen LogP contribution in [0.5, 0.6) is 11.5 Å². The van der Waals surface area contributed by atoms with Gasteiger partial charge in [0.2, 0.25) is 6.79 Å². The fraction of sp³-hybridized carbons (Fsp3) is 0.0952. The average molecular weight is 445 g/mol. The van der Waals surface area contributed by atoms with E-state index < -0.39 is 15.9 Å². The van der Waals surface area contributed by atoms with Gasteiger partial charge in [0.05, 0.1) is 21.3 Å². The minimum absolute atomic E-state index is 0.0529. The van der Waals surface area contributed by atoms with Crippen molar-refractivity contribution in [3.05, 3.63) is 76.8 Å². The van der Waals surface area contributed by atoms with E-state index in [0.717, 1.165) is 5.56 Å². The topological polar surface area (TPSA) is 93.7 Å². The summed E-state index contributed by atoms with van der Waals surface area (Å²) in [5.74, 6) is 0.533. The quantitative estimate of drug-likeness (QED) is 0.607. The molecule has 0 unspecified atom stereocenters. The van der Waals surface area contributed by atoms with E-state index in [1.54, 1.807) is 24.3 Å². The summed E-state index contributed by atoms with van der Waals surface area (Å²) >= 11 is 6.16. The number of fused-ring (bicyclic) bond motifs is 1. The van der Waals surface area contributed by atoms with Crippen molar-refractivity contribution in [3.8, 4) is 11.5 Å². The smallest absolute Gasteiger partial charge is 0.261 e. The van der Waals surface area contributed by atoms with Gasteiger partial charge in [-0.25, -0.2) is 8.42 Å². The Morgan fingerprint density at radius 2 is 1.80 bits per heavy atom. The molecule has 0 spiro atoms. The van der Waals surface area contributed by atoms with Crippen LogP contribution < -0.4 is 19.5 Å². The van der Waals surface area contributed by atoms with Gasteiger partial charge in [-0.2, -0.15) is 0 Å². The van der Waals surface area contributed by atoms with E-state index in [0.29, 0.717) is 27.9 Å². The number of rotatable bonds is 5. The van der Waals surface area contributed by atoms with Crippen molar-refractivity contribution in [3.63, 3.8) is 0 Å². The number of sulfonamides is 1. The van der Waals surface area contributed by atoms with Crippen molar-refractivity contribution >= 4 is 38.9 Å². The van der Waals surface area contributed by atoms with Gasteiger partial charge in [0.25, 0.3) is 15.9 Å². The molecule has 0 saturated heterocycles. The normalized spacial score (nSPS) is 12.5. The third kappa shape index (κ3) is 4.19. The van der Waals surface area contributed by atoms with Gasteiger partial charge in [0.15, 0.2) is 11.5 Å². The van der Waals surface area contributed by atoms with Crippen LogP contribution in [0.1, 0.15) is 15.9 Å². The van der Waals surface area contributed by atoms with Crippen molar-refractivity contribution in [1.29, 1.82) is 0 Å². The second-order valence-electron chi connectivity index (χ2n) is 6.64. The third-order valence-corrected chi connectivity index (χ3v) is 6.10. The van der Waals surface area contributed by atoms with Crippen LogP contribution in [0.3, 0.4) is 0 Å². The highest BCUT2D eigenvalue weighted by Gasteiger charge is 2.19. The van der Waals surface area contributed by atoms with E-state index >= 15 is 0 Å². The first-order valence-corrected chi connectivity index (χ1v) is 10.8. The molecule has 0 saturated carbocycles. The average Bonchev–Trinajstić information content (AvgIpc) is 3.17. The molecule has 2 N–H and O–H groups in total. The Balaban J connectivity index is 1.55. The first-order chi connectivity index (χ1) is 14.3. The zero-order chi connectivity index (χ0) is 21.3. The number of hydrogen-bond acceptors (Lipinski definition) is 5. The van der Waals surface area contributed by atoms with E-state index in [9.17, 15) is 13.2 Å². The molecule has 9 heteroatoms. The predicted octanol–water partition coefficient (Wildman–Crippen LogP) is 4.43. The van der Waals surface area contributed by atoms with Crippen LogP contribution in [0, 0.1) is 6.92 Å². The van der Waals surface area contributed by atoms with Crippen LogP contribution in [-0.2, 0) is 10.0 Å². The molecule has 1 aliphatic rings. The number of carbonyl (C=O) groups excluding carboxylic acids is 1. The Hall–Kier alpha value is -3.23. The summed E-state index contributed by atoms with van der Waals surface area (Å²) in [6.45, 7) is 1.98. The molecular formula is C21H17ClN2O5S. The van der Waals surface area contributed by atoms with Crippen LogP contribution in [0.25, 0.3) is 0 Å². The molecule has 1 amide bonds. The van der Waals surface area contributed by atoms with Gasteiger partial charge < -0.3 is 14.8 Å². The van der Waals surface area contributed by atoms with Crippen LogP contribution >= 0.6 is 11.6 Å². The van der Waals surface area contributed by atoms with Crippen LogP contribution in [0.4, 0.5) is 11.4 Å². The van der Waals surface area contributed by atoms with Crippen molar-refractivity contribution < 1.29 is 22.7 Å².